The highest BCUT2D eigenvalue weighted by molar-refractivity contribution is 7.12. The van der Waals surface area contributed by atoms with E-state index in [0.717, 1.165) is 12.0 Å². The summed E-state index contributed by atoms with van der Waals surface area (Å²) in [6.07, 6.45) is 2.64. The van der Waals surface area contributed by atoms with Crippen molar-refractivity contribution in [3.8, 4) is 0 Å². The van der Waals surface area contributed by atoms with Gasteiger partial charge in [0.1, 0.15) is 4.88 Å². The third kappa shape index (κ3) is 3.20. The second-order valence-electron chi connectivity index (χ2n) is 3.86. The number of rotatable bonds is 4. The van der Waals surface area contributed by atoms with Gasteiger partial charge in [-0.25, -0.2) is 4.79 Å². The lowest BCUT2D eigenvalue weighted by molar-refractivity contribution is -0.112. The zero-order valence-corrected chi connectivity index (χ0v) is 11.8. The van der Waals surface area contributed by atoms with Gasteiger partial charge in [0.15, 0.2) is 0 Å². The number of carbonyl (C=O) groups is 2. The van der Waals surface area contributed by atoms with E-state index in [4.69, 9.17) is 0 Å². The molecule has 0 fully saturated rings. The number of allylic oxidation sites excluding steroid dienone is 1. The maximum absolute atomic E-state index is 11.9. The normalized spacial score (nSPS) is 11.2. The second kappa shape index (κ2) is 6.35. The highest BCUT2D eigenvalue weighted by Crippen LogP contribution is 2.28. The molecule has 5 heteroatoms. The van der Waals surface area contributed by atoms with Crippen molar-refractivity contribution in [2.24, 2.45) is 0 Å². The molecule has 1 amide bonds. The minimum atomic E-state index is -0.430. The molecule has 1 rings (SSSR count). The second-order valence-corrected chi connectivity index (χ2v) is 4.74. The average molecular weight is 267 g/mol. The minimum absolute atomic E-state index is 0.191. The Kier molecular flexibility index (Phi) is 5.09. The molecule has 0 aliphatic rings. The first kappa shape index (κ1) is 14.4. The summed E-state index contributed by atoms with van der Waals surface area (Å²) in [5.41, 5.74) is 2.04. The monoisotopic (exact) mass is 267 g/mol. The Morgan fingerprint density at radius 1 is 1.50 bits per heavy atom. The van der Waals surface area contributed by atoms with Crippen molar-refractivity contribution in [2.75, 3.05) is 12.4 Å². The third-order valence-corrected chi connectivity index (χ3v) is 3.53. The molecule has 0 aromatic carbocycles. The van der Waals surface area contributed by atoms with Crippen LogP contribution in [0.3, 0.4) is 0 Å². The van der Waals surface area contributed by atoms with E-state index in [1.54, 1.807) is 6.92 Å². The highest BCUT2D eigenvalue weighted by Gasteiger charge is 2.18. The zero-order valence-electron chi connectivity index (χ0n) is 11.0. The number of hydrogen-bond donors (Lipinski definition) is 1. The Morgan fingerprint density at radius 3 is 2.72 bits per heavy atom. The van der Waals surface area contributed by atoms with Crippen LogP contribution in [0, 0.1) is 6.92 Å². The molecule has 0 atom stereocenters. The number of ether oxygens (including phenoxy) is 1. The zero-order chi connectivity index (χ0) is 13.7. The van der Waals surface area contributed by atoms with Gasteiger partial charge in [-0.1, -0.05) is 13.0 Å². The van der Waals surface area contributed by atoms with Gasteiger partial charge in [-0.15, -0.1) is 11.3 Å². The quantitative estimate of drug-likeness (QED) is 0.673. The van der Waals surface area contributed by atoms with Gasteiger partial charge in [-0.2, -0.15) is 0 Å². The number of hydrogen-bond acceptors (Lipinski definition) is 4. The Bertz CT molecular complexity index is 488. The first-order chi connectivity index (χ1) is 8.51. The Morgan fingerprint density at radius 2 is 2.17 bits per heavy atom. The summed E-state index contributed by atoms with van der Waals surface area (Å²) in [5.74, 6) is -0.621. The van der Waals surface area contributed by atoms with Crippen LogP contribution in [-0.4, -0.2) is 19.0 Å². The predicted molar refractivity (Wildman–Crippen MR) is 73.1 cm³/mol. The Labute approximate surface area is 111 Å². The number of amides is 1. The molecule has 0 aliphatic heterocycles. The van der Waals surface area contributed by atoms with E-state index < -0.39 is 5.97 Å². The molecule has 0 saturated carbocycles. The molecule has 0 saturated heterocycles. The summed E-state index contributed by atoms with van der Waals surface area (Å²) in [7, 11) is 1.32. The van der Waals surface area contributed by atoms with E-state index in [1.165, 1.54) is 18.4 Å². The molecule has 98 valence electrons. The van der Waals surface area contributed by atoms with Gasteiger partial charge in [-0.05, 0) is 31.2 Å². The molecular weight excluding hydrogens is 250 g/mol. The molecule has 1 aromatic heterocycles. The van der Waals surface area contributed by atoms with Crippen molar-refractivity contribution in [2.45, 2.75) is 27.2 Å². The lowest BCUT2D eigenvalue weighted by atomic mass is 10.2. The fourth-order valence-electron chi connectivity index (χ4n) is 1.45. The Balaban J connectivity index is 2.97. The van der Waals surface area contributed by atoms with Gasteiger partial charge >= 0.3 is 5.97 Å². The van der Waals surface area contributed by atoms with E-state index in [2.05, 4.69) is 10.1 Å². The summed E-state index contributed by atoms with van der Waals surface area (Å²) in [6.45, 7) is 5.56. The van der Waals surface area contributed by atoms with E-state index in [0.29, 0.717) is 16.1 Å². The van der Waals surface area contributed by atoms with Crippen molar-refractivity contribution >= 4 is 28.9 Å². The molecule has 18 heavy (non-hydrogen) atoms. The Hall–Kier alpha value is -1.62. The van der Waals surface area contributed by atoms with Gasteiger partial charge in [0.05, 0.1) is 12.8 Å². The fraction of sp³-hybridized carbons (Fsp3) is 0.385. The minimum Gasteiger partial charge on any atom is -0.465 e. The van der Waals surface area contributed by atoms with E-state index in [-0.39, 0.29) is 5.91 Å². The molecular formula is C13H17NO3S. The number of anilines is 1. The number of nitrogens with one attached hydrogen (secondary N) is 1. The highest BCUT2D eigenvalue weighted by atomic mass is 32.1. The van der Waals surface area contributed by atoms with Crippen LogP contribution in [0.4, 0.5) is 5.69 Å². The van der Waals surface area contributed by atoms with Crippen LogP contribution in [0.2, 0.25) is 0 Å². The summed E-state index contributed by atoms with van der Waals surface area (Å²) < 4.78 is 4.69. The molecule has 1 heterocycles. The molecule has 0 radical (unpaired) electrons. The van der Waals surface area contributed by atoms with Gasteiger partial charge < -0.3 is 10.1 Å². The predicted octanol–water partition coefficient (Wildman–Crippen LogP) is 3.14. The van der Waals surface area contributed by atoms with Crippen molar-refractivity contribution in [1.29, 1.82) is 0 Å². The van der Waals surface area contributed by atoms with Crippen LogP contribution < -0.4 is 5.32 Å². The topological polar surface area (TPSA) is 55.4 Å². The number of carbonyl (C=O) groups excluding carboxylic acids is 2. The van der Waals surface area contributed by atoms with Crippen LogP contribution in [-0.2, 0) is 9.53 Å². The van der Waals surface area contributed by atoms with E-state index in [1.807, 2.05) is 25.3 Å². The number of thiophene rings is 1. The maximum atomic E-state index is 11.9. The molecule has 4 nitrogen and oxygen atoms in total. The standard InChI is InChI=1S/C13H17NO3S/c1-5-6-8(2)12(15)14-10-9(3)7-18-11(10)13(16)17-4/h6-7H,5H2,1-4H3,(H,14,15)/b8-6-. The van der Waals surface area contributed by atoms with Crippen LogP contribution in [0.15, 0.2) is 17.0 Å². The van der Waals surface area contributed by atoms with Crippen LogP contribution in [0.1, 0.15) is 35.5 Å². The lowest BCUT2D eigenvalue weighted by Gasteiger charge is -2.07. The van der Waals surface area contributed by atoms with Crippen molar-refractivity contribution in [1.82, 2.24) is 0 Å². The van der Waals surface area contributed by atoms with Crippen molar-refractivity contribution < 1.29 is 14.3 Å². The average Bonchev–Trinajstić information content (AvgIpc) is 2.70. The van der Waals surface area contributed by atoms with Crippen LogP contribution in [0.5, 0.6) is 0 Å². The molecule has 1 N–H and O–H groups in total. The van der Waals surface area contributed by atoms with Gasteiger partial charge in [0.2, 0.25) is 0 Å². The van der Waals surface area contributed by atoms with Crippen LogP contribution in [0.25, 0.3) is 0 Å². The van der Waals surface area contributed by atoms with Gasteiger partial charge in [0, 0.05) is 5.57 Å². The number of esters is 1. The van der Waals surface area contributed by atoms with E-state index >= 15 is 0 Å². The smallest absolute Gasteiger partial charge is 0.350 e. The third-order valence-electron chi connectivity index (χ3n) is 2.45. The fourth-order valence-corrected chi connectivity index (χ4v) is 2.38. The van der Waals surface area contributed by atoms with Gasteiger partial charge in [-0.3, -0.25) is 4.79 Å². The first-order valence-electron chi connectivity index (χ1n) is 5.65. The molecule has 0 aliphatic carbocycles. The molecule has 1 aromatic rings. The summed E-state index contributed by atoms with van der Waals surface area (Å²) in [4.78, 5) is 23.9. The van der Waals surface area contributed by atoms with E-state index in [9.17, 15) is 9.59 Å². The first-order valence-corrected chi connectivity index (χ1v) is 6.53. The SMILES string of the molecule is CC/C=C(/C)C(=O)Nc1c(C)csc1C(=O)OC. The van der Waals surface area contributed by atoms with Crippen LogP contribution >= 0.6 is 11.3 Å². The van der Waals surface area contributed by atoms with Crippen molar-refractivity contribution in [3.05, 3.63) is 27.5 Å². The molecule has 0 unspecified atom stereocenters. The molecule has 0 spiro atoms. The number of methoxy groups -OCH3 is 1. The van der Waals surface area contributed by atoms with Crippen molar-refractivity contribution in [3.63, 3.8) is 0 Å². The summed E-state index contributed by atoms with van der Waals surface area (Å²) in [6, 6.07) is 0. The maximum Gasteiger partial charge on any atom is 0.350 e. The molecule has 0 bridgehead atoms. The van der Waals surface area contributed by atoms with Gasteiger partial charge in [0.25, 0.3) is 5.91 Å². The number of aryl methyl sites for hydroxylation is 1. The largest absolute Gasteiger partial charge is 0.465 e. The lowest BCUT2D eigenvalue weighted by Crippen LogP contribution is -2.15. The summed E-state index contributed by atoms with van der Waals surface area (Å²) in [5, 5.41) is 4.58. The summed E-state index contributed by atoms with van der Waals surface area (Å²) >= 11 is 1.27.